The molecule has 1 rings (SSSR count). The fourth-order valence-electron chi connectivity index (χ4n) is 1.65. The number of rotatable bonds is 5. The monoisotopic (exact) mass is 323 g/mol. The van der Waals surface area contributed by atoms with Crippen LogP contribution in [0.25, 0.3) is 0 Å². The fraction of sp³-hybridized carbons (Fsp3) is 0.538. The van der Waals surface area contributed by atoms with Crippen molar-refractivity contribution in [2.75, 3.05) is 0 Å². The molecule has 0 bridgehead atoms. The number of hydrogen-bond acceptors (Lipinski definition) is 2. The third-order valence-electron chi connectivity index (χ3n) is 2.77. The van der Waals surface area contributed by atoms with Crippen LogP contribution in [0.5, 0.6) is 0 Å². The number of aryl methyl sites for hydroxylation is 1. The Bertz CT molecular complexity index is 487. The van der Waals surface area contributed by atoms with Crippen LogP contribution in [0.4, 0.5) is 0 Å². The number of Topliss-reactive ketones (excluding diaryl/α,β-unsaturated/α-hetero) is 2. The predicted octanol–water partition coefficient (Wildman–Crippen LogP) is 4.20. The van der Waals surface area contributed by atoms with Crippen LogP contribution in [-0.2, 0) is 7.05 Å². The molecular weight excluding hydrogens is 309 g/mol. The highest BCUT2D eigenvalue weighted by Crippen LogP contribution is 2.31. The Kier molecular flexibility index (Phi) is 5.48. The zero-order valence-electron chi connectivity index (χ0n) is 11.0. The zero-order chi connectivity index (χ0) is 14.8. The Morgan fingerprint density at radius 2 is 1.89 bits per heavy atom. The Morgan fingerprint density at radius 1 is 1.32 bits per heavy atom. The van der Waals surface area contributed by atoms with Gasteiger partial charge in [0.25, 0.3) is 3.79 Å². The van der Waals surface area contributed by atoms with Gasteiger partial charge in [-0.3, -0.25) is 9.59 Å². The minimum atomic E-state index is -2.01. The van der Waals surface area contributed by atoms with Gasteiger partial charge in [-0.1, -0.05) is 48.7 Å². The van der Waals surface area contributed by atoms with Gasteiger partial charge in [-0.25, -0.2) is 0 Å². The van der Waals surface area contributed by atoms with Crippen LogP contribution >= 0.6 is 34.8 Å². The number of aromatic nitrogens is 1. The van der Waals surface area contributed by atoms with E-state index in [2.05, 4.69) is 13.8 Å². The lowest BCUT2D eigenvalue weighted by atomic mass is 10.0. The standard InChI is InChI=1S/C13H16Cl3NO2/c1-8(2)4-5-11(18)9-6-10(17(3)7-9)12(19)13(14,15)16/h6-8H,4-5H2,1-3H3. The lowest BCUT2D eigenvalue weighted by Crippen LogP contribution is -2.21. The van der Waals surface area contributed by atoms with Crippen molar-refractivity contribution >= 4 is 46.4 Å². The minimum absolute atomic E-state index is 0.00679. The fourth-order valence-corrected chi connectivity index (χ4v) is 1.94. The van der Waals surface area contributed by atoms with E-state index in [0.717, 1.165) is 6.42 Å². The van der Waals surface area contributed by atoms with E-state index in [1.165, 1.54) is 10.6 Å². The topological polar surface area (TPSA) is 39.1 Å². The summed E-state index contributed by atoms with van der Waals surface area (Å²) in [5, 5.41) is 0. The molecule has 0 aliphatic carbocycles. The van der Waals surface area contributed by atoms with Gasteiger partial charge in [-0.2, -0.15) is 0 Å². The van der Waals surface area contributed by atoms with Crippen LogP contribution in [0.15, 0.2) is 12.3 Å². The maximum atomic E-state index is 12.0. The Hall–Kier alpha value is -0.510. The van der Waals surface area contributed by atoms with E-state index < -0.39 is 9.58 Å². The maximum Gasteiger partial charge on any atom is 0.255 e. The summed E-state index contributed by atoms with van der Waals surface area (Å²) in [6.45, 7) is 4.10. The Labute approximate surface area is 127 Å². The highest BCUT2D eigenvalue weighted by Gasteiger charge is 2.33. The van der Waals surface area contributed by atoms with Crippen molar-refractivity contribution in [3.63, 3.8) is 0 Å². The average molecular weight is 325 g/mol. The first kappa shape index (κ1) is 16.5. The molecule has 0 spiro atoms. The van der Waals surface area contributed by atoms with Gasteiger partial charge in [-0.05, 0) is 18.4 Å². The van der Waals surface area contributed by atoms with E-state index in [1.807, 2.05) is 0 Å². The second kappa shape index (κ2) is 6.29. The molecule has 0 unspecified atom stereocenters. The van der Waals surface area contributed by atoms with Gasteiger partial charge in [-0.15, -0.1) is 0 Å². The molecule has 0 N–H and O–H groups in total. The molecule has 0 aliphatic rings. The average Bonchev–Trinajstić information content (AvgIpc) is 2.65. The van der Waals surface area contributed by atoms with E-state index in [9.17, 15) is 9.59 Å². The number of carbonyl (C=O) groups excluding carboxylic acids is 2. The predicted molar refractivity (Wildman–Crippen MR) is 78.4 cm³/mol. The van der Waals surface area contributed by atoms with Gasteiger partial charge in [0.15, 0.2) is 5.78 Å². The molecule has 0 amide bonds. The number of ketones is 2. The third kappa shape index (κ3) is 4.51. The first-order chi connectivity index (χ1) is 8.62. The maximum absolute atomic E-state index is 12.0. The molecule has 1 aromatic rings. The molecule has 19 heavy (non-hydrogen) atoms. The Balaban J connectivity index is 2.91. The summed E-state index contributed by atoms with van der Waals surface area (Å²) in [5.41, 5.74) is 0.689. The first-order valence-corrected chi connectivity index (χ1v) is 7.07. The van der Waals surface area contributed by atoms with Crippen molar-refractivity contribution in [2.45, 2.75) is 30.5 Å². The number of hydrogen-bond donors (Lipinski definition) is 0. The number of alkyl halides is 3. The van der Waals surface area contributed by atoms with Crippen molar-refractivity contribution in [2.24, 2.45) is 13.0 Å². The third-order valence-corrected chi connectivity index (χ3v) is 3.28. The van der Waals surface area contributed by atoms with Gasteiger partial charge in [0.2, 0.25) is 5.78 Å². The highest BCUT2D eigenvalue weighted by molar-refractivity contribution is 6.77. The smallest absolute Gasteiger partial charge is 0.255 e. The van der Waals surface area contributed by atoms with Crippen molar-refractivity contribution in [3.8, 4) is 0 Å². The van der Waals surface area contributed by atoms with Crippen molar-refractivity contribution in [3.05, 3.63) is 23.5 Å². The lowest BCUT2D eigenvalue weighted by Gasteiger charge is -2.09. The summed E-state index contributed by atoms with van der Waals surface area (Å²) in [5.74, 6) is -0.189. The molecule has 0 saturated heterocycles. The molecule has 0 radical (unpaired) electrons. The summed E-state index contributed by atoms with van der Waals surface area (Å²) in [6.07, 6.45) is 2.84. The van der Waals surface area contributed by atoms with Gasteiger partial charge in [0, 0.05) is 25.2 Å². The van der Waals surface area contributed by atoms with Gasteiger partial charge >= 0.3 is 0 Å². The summed E-state index contributed by atoms with van der Waals surface area (Å²) in [4.78, 5) is 23.8. The van der Waals surface area contributed by atoms with Gasteiger partial charge in [0.1, 0.15) is 0 Å². The van der Waals surface area contributed by atoms with Crippen LogP contribution in [-0.4, -0.2) is 19.9 Å². The Morgan fingerprint density at radius 3 is 2.37 bits per heavy atom. The number of carbonyl (C=O) groups is 2. The molecule has 0 fully saturated rings. The van der Waals surface area contributed by atoms with E-state index in [0.29, 0.717) is 17.9 Å². The van der Waals surface area contributed by atoms with Crippen molar-refractivity contribution in [1.29, 1.82) is 0 Å². The summed E-state index contributed by atoms with van der Waals surface area (Å²) in [7, 11) is 1.64. The van der Waals surface area contributed by atoms with E-state index >= 15 is 0 Å². The summed E-state index contributed by atoms with van der Waals surface area (Å²) in [6, 6.07) is 1.48. The molecule has 6 heteroatoms. The molecular formula is C13H16Cl3NO2. The molecule has 0 aromatic carbocycles. The second-order valence-electron chi connectivity index (χ2n) is 4.91. The second-order valence-corrected chi connectivity index (χ2v) is 7.19. The molecule has 0 aliphatic heterocycles. The molecule has 1 aromatic heterocycles. The number of nitrogens with zero attached hydrogens (tertiary/aromatic N) is 1. The SMILES string of the molecule is CC(C)CCC(=O)c1cc(C(=O)C(Cl)(Cl)Cl)n(C)c1. The summed E-state index contributed by atoms with van der Waals surface area (Å²) >= 11 is 16.7. The molecule has 106 valence electrons. The molecule has 0 atom stereocenters. The van der Waals surface area contributed by atoms with Gasteiger partial charge in [0.05, 0.1) is 5.69 Å². The van der Waals surface area contributed by atoms with Crippen LogP contribution in [0, 0.1) is 5.92 Å². The van der Waals surface area contributed by atoms with Gasteiger partial charge < -0.3 is 4.57 Å². The van der Waals surface area contributed by atoms with Crippen LogP contribution in [0.3, 0.4) is 0 Å². The van der Waals surface area contributed by atoms with Crippen LogP contribution in [0.1, 0.15) is 47.5 Å². The minimum Gasteiger partial charge on any atom is -0.347 e. The van der Waals surface area contributed by atoms with E-state index in [4.69, 9.17) is 34.8 Å². The van der Waals surface area contributed by atoms with Crippen molar-refractivity contribution < 1.29 is 9.59 Å². The van der Waals surface area contributed by atoms with Crippen molar-refractivity contribution in [1.82, 2.24) is 4.57 Å². The summed E-state index contributed by atoms with van der Waals surface area (Å²) < 4.78 is -0.503. The molecule has 0 saturated carbocycles. The quantitative estimate of drug-likeness (QED) is 0.601. The van der Waals surface area contributed by atoms with E-state index in [1.54, 1.807) is 13.2 Å². The van der Waals surface area contributed by atoms with E-state index in [-0.39, 0.29) is 11.5 Å². The molecule has 1 heterocycles. The lowest BCUT2D eigenvalue weighted by molar-refractivity contribution is 0.0974. The molecule has 3 nitrogen and oxygen atoms in total. The van der Waals surface area contributed by atoms with Crippen LogP contribution in [0.2, 0.25) is 0 Å². The number of halogens is 3. The first-order valence-electron chi connectivity index (χ1n) is 5.94. The highest BCUT2D eigenvalue weighted by atomic mass is 35.6. The zero-order valence-corrected chi connectivity index (χ0v) is 13.3. The largest absolute Gasteiger partial charge is 0.347 e. The normalized spacial score (nSPS) is 11.9. The van der Waals surface area contributed by atoms with Crippen LogP contribution < -0.4 is 0 Å².